The average Bonchev–Trinajstić information content (AvgIpc) is 2.99. The summed E-state index contributed by atoms with van der Waals surface area (Å²) in [6.07, 6.45) is 1.73. The minimum atomic E-state index is -0.432. The molecule has 0 saturated heterocycles. The molecule has 0 bridgehead atoms. The van der Waals surface area contributed by atoms with E-state index in [4.69, 9.17) is 16.3 Å². The maximum Gasteiger partial charge on any atom is 0.339 e. The Morgan fingerprint density at radius 1 is 1.21 bits per heavy atom. The number of aryl methyl sites for hydroxylation is 2. The van der Waals surface area contributed by atoms with Crippen molar-refractivity contribution < 1.29 is 9.53 Å². The number of rotatable bonds is 5. The molecule has 152 valence electrons. The maximum absolute atomic E-state index is 12.4. The van der Waals surface area contributed by atoms with Gasteiger partial charge in [-0.25, -0.2) is 4.79 Å². The fraction of sp³-hybridized carbons (Fsp3) is 0.238. The molecule has 1 aromatic carbocycles. The topological polar surface area (TPSA) is 65.3 Å². The van der Waals surface area contributed by atoms with E-state index in [1.807, 2.05) is 23.7 Å². The number of hydrogen-bond donors (Lipinski definition) is 1. The van der Waals surface area contributed by atoms with Crippen LogP contribution in [0.4, 0.5) is 5.69 Å². The van der Waals surface area contributed by atoms with Gasteiger partial charge in [-0.3, -0.25) is 4.79 Å². The van der Waals surface area contributed by atoms with Gasteiger partial charge in [0.2, 0.25) is 0 Å². The van der Waals surface area contributed by atoms with Gasteiger partial charge < -0.3 is 19.2 Å². The first kappa shape index (κ1) is 21.2. The Bertz CT molecular complexity index is 1090. The van der Waals surface area contributed by atoms with Crippen molar-refractivity contribution in [3.63, 3.8) is 0 Å². The summed E-state index contributed by atoms with van der Waals surface area (Å²) >= 11 is 9.57. The van der Waals surface area contributed by atoms with Crippen LogP contribution >= 0.6 is 27.5 Å². The standard InChI is InChI=1S/C21H21BrClN3O3/c1-12-9-15(11-25(2)20(12)27)24-18(13-5-7-14(23)8-6-13)19-16(21(28)29-4)10-17(22)26(19)3/h5-11,18,24H,1-4H3. The summed E-state index contributed by atoms with van der Waals surface area (Å²) in [5.74, 6) is -0.432. The van der Waals surface area contributed by atoms with E-state index in [1.165, 1.54) is 11.7 Å². The molecule has 0 fully saturated rings. The lowest BCUT2D eigenvalue weighted by molar-refractivity contribution is 0.0599. The van der Waals surface area contributed by atoms with Crippen LogP contribution in [-0.2, 0) is 18.8 Å². The van der Waals surface area contributed by atoms with E-state index in [0.29, 0.717) is 16.1 Å². The predicted molar refractivity (Wildman–Crippen MR) is 118 cm³/mol. The van der Waals surface area contributed by atoms with Crippen molar-refractivity contribution in [2.75, 3.05) is 12.4 Å². The molecule has 0 aliphatic carbocycles. The van der Waals surface area contributed by atoms with Gasteiger partial charge >= 0.3 is 5.97 Å². The number of carbonyl (C=O) groups excluding carboxylic acids is 1. The monoisotopic (exact) mass is 477 g/mol. The fourth-order valence-corrected chi connectivity index (χ4v) is 3.84. The fourth-order valence-electron chi connectivity index (χ4n) is 3.30. The highest BCUT2D eigenvalue weighted by Crippen LogP contribution is 2.33. The Morgan fingerprint density at radius 3 is 2.45 bits per heavy atom. The number of ether oxygens (including phenoxy) is 1. The summed E-state index contributed by atoms with van der Waals surface area (Å²) in [6.45, 7) is 1.77. The lowest BCUT2D eigenvalue weighted by Gasteiger charge is -2.23. The van der Waals surface area contributed by atoms with Gasteiger partial charge in [0, 0.05) is 30.9 Å². The molecule has 0 amide bonds. The SMILES string of the molecule is COC(=O)c1cc(Br)n(C)c1C(Nc1cc(C)c(=O)n(C)c1)c1ccc(Cl)cc1. The third-order valence-electron chi connectivity index (χ3n) is 4.78. The molecule has 0 aliphatic rings. The van der Waals surface area contributed by atoms with Crippen LogP contribution in [0.2, 0.25) is 5.02 Å². The quantitative estimate of drug-likeness (QED) is 0.551. The van der Waals surface area contributed by atoms with Gasteiger partial charge in [0.05, 0.1) is 34.7 Å². The molecule has 29 heavy (non-hydrogen) atoms. The molecule has 1 atom stereocenters. The number of benzene rings is 1. The number of anilines is 1. The van der Waals surface area contributed by atoms with Gasteiger partial charge in [0.1, 0.15) is 0 Å². The molecule has 3 aromatic rings. The minimum absolute atomic E-state index is 0.0598. The summed E-state index contributed by atoms with van der Waals surface area (Å²) in [7, 11) is 4.92. The van der Waals surface area contributed by atoms with Crippen molar-refractivity contribution in [1.82, 2.24) is 9.13 Å². The molecule has 3 rings (SSSR count). The van der Waals surface area contributed by atoms with Crippen molar-refractivity contribution in [1.29, 1.82) is 0 Å². The molecule has 0 radical (unpaired) electrons. The van der Waals surface area contributed by atoms with Crippen molar-refractivity contribution in [2.45, 2.75) is 13.0 Å². The van der Waals surface area contributed by atoms with E-state index < -0.39 is 12.0 Å². The Kier molecular flexibility index (Phi) is 6.19. The van der Waals surface area contributed by atoms with Crippen LogP contribution in [0.15, 0.2) is 52.0 Å². The van der Waals surface area contributed by atoms with Crippen LogP contribution in [0.25, 0.3) is 0 Å². The smallest absolute Gasteiger partial charge is 0.339 e. The highest BCUT2D eigenvalue weighted by Gasteiger charge is 2.27. The number of esters is 1. The molecule has 0 saturated carbocycles. The van der Waals surface area contributed by atoms with Crippen LogP contribution in [0.1, 0.15) is 33.2 Å². The number of hydrogen-bond acceptors (Lipinski definition) is 4. The second kappa shape index (κ2) is 8.47. The Labute approximate surface area is 182 Å². The third kappa shape index (κ3) is 4.26. The number of carbonyl (C=O) groups is 1. The number of nitrogens with one attached hydrogen (secondary N) is 1. The van der Waals surface area contributed by atoms with Gasteiger partial charge in [-0.15, -0.1) is 0 Å². The highest BCUT2D eigenvalue weighted by atomic mass is 79.9. The number of nitrogens with zero attached hydrogens (tertiary/aromatic N) is 2. The van der Waals surface area contributed by atoms with Crippen molar-refractivity contribution in [3.8, 4) is 0 Å². The number of methoxy groups -OCH3 is 1. The van der Waals surface area contributed by atoms with Gasteiger partial charge in [0.15, 0.2) is 0 Å². The Balaban J connectivity index is 2.19. The second-order valence-corrected chi connectivity index (χ2v) is 8.02. The first-order chi connectivity index (χ1) is 13.7. The van der Waals surface area contributed by atoms with Crippen LogP contribution in [-0.4, -0.2) is 22.2 Å². The zero-order chi connectivity index (χ0) is 21.3. The van der Waals surface area contributed by atoms with Crippen molar-refractivity contribution in [2.24, 2.45) is 14.1 Å². The van der Waals surface area contributed by atoms with Gasteiger partial charge in [0.25, 0.3) is 5.56 Å². The first-order valence-electron chi connectivity index (χ1n) is 8.85. The van der Waals surface area contributed by atoms with E-state index in [-0.39, 0.29) is 5.56 Å². The van der Waals surface area contributed by atoms with E-state index in [0.717, 1.165) is 21.5 Å². The zero-order valence-corrected chi connectivity index (χ0v) is 18.8. The first-order valence-corrected chi connectivity index (χ1v) is 10.0. The van der Waals surface area contributed by atoms with E-state index in [1.54, 1.807) is 44.4 Å². The summed E-state index contributed by atoms with van der Waals surface area (Å²) in [5, 5.41) is 4.08. The third-order valence-corrected chi connectivity index (χ3v) is 5.79. The van der Waals surface area contributed by atoms with Gasteiger partial charge in [-0.1, -0.05) is 23.7 Å². The van der Waals surface area contributed by atoms with Crippen LogP contribution in [0.3, 0.4) is 0 Å². The zero-order valence-electron chi connectivity index (χ0n) is 16.5. The number of aromatic nitrogens is 2. The molecule has 8 heteroatoms. The second-order valence-electron chi connectivity index (χ2n) is 6.77. The van der Waals surface area contributed by atoms with Crippen molar-refractivity contribution >= 4 is 39.2 Å². The molecule has 0 aliphatic heterocycles. The number of halogens is 2. The summed E-state index contributed by atoms with van der Waals surface area (Å²) in [6, 6.07) is 10.5. The molecule has 1 unspecified atom stereocenters. The van der Waals surface area contributed by atoms with Crippen LogP contribution in [0, 0.1) is 6.92 Å². The molecular formula is C21H21BrClN3O3. The lowest BCUT2D eigenvalue weighted by Crippen LogP contribution is -2.22. The highest BCUT2D eigenvalue weighted by molar-refractivity contribution is 9.10. The predicted octanol–water partition coefficient (Wildman–Crippen LogP) is 4.44. The maximum atomic E-state index is 12.4. The normalized spacial score (nSPS) is 11.9. The average molecular weight is 479 g/mol. The summed E-state index contributed by atoms with van der Waals surface area (Å²) in [5.41, 5.74) is 3.37. The summed E-state index contributed by atoms with van der Waals surface area (Å²) in [4.78, 5) is 24.5. The molecule has 2 heterocycles. The molecule has 6 nitrogen and oxygen atoms in total. The summed E-state index contributed by atoms with van der Waals surface area (Å²) < 4.78 is 9.14. The largest absolute Gasteiger partial charge is 0.465 e. The number of pyridine rings is 1. The van der Waals surface area contributed by atoms with Crippen molar-refractivity contribution in [3.05, 3.63) is 85.0 Å². The van der Waals surface area contributed by atoms with Crippen LogP contribution in [0.5, 0.6) is 0 Å². The van der Waals surface area contributed by atoms with E-state index in [2.05, 4.69) is 21.2 Å². The molecule has 1 N–H and O–H groups in total. The van der Waals surface area contributed by atoms with E-state index in [9.17, 15) is 9.59 Å². The minimum Gasteiger partial charge on any atom is -0.465 e. The Morgan fingerprint density at radius 2 is 1.86 bits per heavy atom. The van der Waals surface area contributed by atoms with Gasteiger partial charge in [-0.2, -0.15) is 0 Å². The molecule has 2 aromatic heterocycles. The van der Waals surface area contributed by atoms with E-state index >= 15 is 0 Å². The lowest BCUT2D eigenvalue weighted by atomic mass is 10.00. The van der Waals surface area contributed by atoms with Gasteiger partial charge in [-0.05, 0) is 52.7 Å². The Hall–Kier alpha value is -2.51. The molecule has 0 spiro atoms. The van der Waals surface area contributed by atoms with Crippen LogP contribution < -0.4 is 10.9 Å². The molecular weight excluding hydrogens is 458 g/mol.